The Balaban J connectivity index is 2.23. The minimum absolute atomic E-state index is 0.0614. The number of carbonyl (C=O) groups excluding carboxylic acids is 1. The van der Waals surface area contributed by atoms with E-state index in [0.717, 1.165) is 22.8 Å². The third kappa shape index (κ3) is 2.44. The van der Waals surface area contributed by atoms with E-state index in [1.807, 2.05) is 30.0 Å². The van der Waals surface area contributed by atoms with E-state index in [1.54, 1.807) is 11.9 Å². The first-order chi connectivity index (χ1) is 8.52. The molecule has 4 nitrogen and oxygen atoms in total. The van der Waals surface area contributed by atoms with Crippen LogP contribution in [0.3, 0.4) is 0 Å². The van der Waals surface area contributed by atoms with Crippen LogP contribution >= 0.6 is 11.6 Å². The molecule has 1 aliphatic heterocycles. The van der Waals surface area contributed by atoms with E-state index in [-0.39, 0.29) is 11.9 Å². The number of anilines is 1. The van der Waals surface area contributed by atoms with E-state index in [1.165, 1.54) is 0 Å². The van der Waals surface area contributed by atoms with Crippen LogP contribution < -0.4 is 10.6 Å². The molecule has 98 valence electrons. The number of hydrogen-bond acceptors (Lipinski definition) is 3. The molecule has 5 heteroatoms. The maximum atomic E-state index is 11.9. The lowest BCUT2D eigenvalue weighted by Gasteiger charge is -2.39. The highest BCUT2D eigenvalue weighted by molar-refractivity contribution is 6.31. The molecule has 1 fully saturated rings. The van der Waals surface area contributed by atoms with E-state index in [2.05, 4.69) is 0 Å². The minimum Gasteiger partial charge on any atom is -0.360 e. The third-order valence-electron chi connectivity index (χ3n) is 3.49. The molecular weight excluding hydrogens is 250 g/mol. The molecule has 1 aromatic rings. The number of likely N-dealkylation sites (N-methyl/N-ethyl adjacent to an activating group) is 1. The molecule has 18 heavy (non-hydrogen) atoms. The van der Waals surface area contributed by atoms with Crippen LogP contribution in [0, 0.1) is 6.92 Å². The topological polar surface area (TPSA) is 49.6 Å². The van der Waals surface area contributed by atoms with Crippen LogP contribution in [-0.4, -0.2) is 43.5 Å². The number of halogens is 1. The van der Waals surface area contributed by atoms with E-state index >= 15 is 0 Å². The first kappa shape index (κ1) is 13.2. The summed E-state index contributed by atoms with van der Waals surface area (Å²) in [6.45, 7) is 3.56. The van der Waals surface area contributed by atoms with Crippen LogP contribution in [0.2, 0.25) is 5.02 Å². The second kappa shape index (κ2) is 5.16. The summed E-state index contributed by atoms with van der Waals surface area (Å²) in [5.41, 5.74) is 7.72. The first-order valence-corrected chi connectivity index (χ1v) is 6.37. The third-order valence-corrected chi connectivity index (χ3v) is 3.90. The summed E-state index contributed by atoms with van der Waals surface area (Å²) >= 11 is 6.12. The highest BCUT2D eigenvalue weighted by Crippen LogP contribution is 2.25. The molecule has 0 saturated carbocycles. The molecule has 2 rings (SSSR count). The summed E-state index contributed by atoms with van der Waals surface area (Å²) in [7, 11) is 1.80. The van der Waals surface area contributed by atoms with Crippen LogP contribution in [0.15, 0.2) is 18.2 Å². The van der Waals surface area contributed by atoms with Crippen molar-refractivity contribution in [3.8, 4) is 0 Å². The van der Waals surface area contributed by atoms with Gasteiger partial charge in [0.15, 0.2) is 0 Å². The highest BCUT2D eigenvalue weighted by Gasteiger charge is 2.29. The summed E-state index contributed by atoms with van der Waals surface area (Å²) in [6.07, 6.45) is 0. The van der Waals surface area contributed by atoms with Crippen molar-refractivity contribution >= 4 is 23.2 Å². The van der Waals surface area contributed by atoms with Gasteiger partial charge in [-0.1, -0.05) is 17.7 Å². The fourth-order valence-electron chi connectivity index (χ4n) is 2.13. The van der Waals surface area contributed by atoms with Gasteiger partial charge in [-0.15, -0.1) is 0 Å². The molecule has 1 aromatic carbocycles. The molecule has 0 radical (unpaired) electrons. The number of rotatable bonds is 2. The fourth-order valence-corrected chi connectivity index (χ4v) is 2.30. The number of hydrogen-bond donors (Lipinski definition) is 1. The molecule has 2 N–H and O–H groups in total. The molecule has 1 amide bonds. The highest BCUT2D eigenvalue weighted by atomic mass is 35.5. The zero-order valence-electron chi connectivity index (χ0n) is 10.7. The smallest absolute Gasteiger partial charge is 0.242 e. The van der Waals surface area contributed by atoms with Gasteiger partial charge in [-0.2, -0.15) is 0 Å². The summed E-state index contributed by atoms with van der Waals surface area (Å²) in [6, 6.07) is 5.93. The minimum atomic E-state index is 0.0614. The summed E-state index contributed by atoms with van der Waals surface area (Å²) in [5, 5.41) is 0.725. The Morgan fingerprint density at radius 3 is 2.83 bits per heavy atom. The van der Waals surface area contributed by atoms with Crippen molar-refractivity contribution in [1.29, 1.82) is 0 Å². The van der Waals surface area contributed by atoms with Gasteiger partial charge < -0.3 is 15.5 Å². The Labute approximate surface area is 112 Å². The molecule has 1 heterocycles. The molecule has 1 atom stereocenters. The quantitative estimate of drug-likeness (QED) is 0.878. The van der Waals surface area contributed by atoms with Gasteiger partial charge in [-0.25, -0.2) is 0 Å². The predicted octanol–water partition coefficient (Wildman–Crippen LogP) is 1.25. The number of piperazine rings is 1. The maximum absolute atomic E-state index is 11.9. The van der Waals surface area contributed by atoms with E-state index in [4.69, 9.17) is 17.3 Å². The molecule has 0 spiro atoms. The first-order valence-electron chi connectivity index (χ1n) is 5.99. The zero-order chi connectivity index (χ0) is 13.3. The average Bonchev–Trinajstić information content (AvgIpc) is 2.36. The van der Waals surface area contributed by atoms with Crippen molar-refractivity contribution in [3.05, 3.63) is 28.8 Å². The Bertz CT molecular complexity index is 464. The number of benzene rings is 1. The van der Waals surface area contributed by atoms with E-state index in [0.29, 0.717) is 13.1 Å². The van der Waals surface area contributed by atoms with Gasteiger partial charge in [-0.05, 0) is 24.6 Å². The van der Waals surface area contributed by atoms with Gasteiger partial charge in [0, 0.05) is 30.8 Å². The number of nitrogens with zero attached hydrogens (tertiary/aromatic N) is 2. The van der Waals surface area contributed by atoms with Gasteiger partial charge >= 0.3 is 0 Å². The Hall–Kier alpha value is -1.26. The Morgan fingerprint density at radius 2 is 2.22 bits per heavy atom. The number of aryl methyl sites for hydroxylation is 1. The maximum Gasteiger partial charge on any atom is 0.242 e. The second-order valence-corrected chi connectivity index (χ2v) is 5.12. The van der Waals surface area contributed by atoms with Crippen LogP contribution in [0.25, 0.3) is 0 Å². The van der Waals surface area contributed by atoms with E-state index in [9.17, 15) is 4.79 Å². The van der Waals surface area contributed by atoms with Gasteiger partial charge in [0.25, 0.3) is 0 Å². The molecule has 0 aliphatic carbocycles. The molecule has 1 aliphatic rings. The lowest BCUT2D eigenvalue weighted by atomic mass is 10.1. The Morgan fingerprint density at radius 1 is 1.50 bits per heavy atom. The Kier molecular flexibility index (Phi) is 3.78. The van der Waals surface area contributed by atoms with E-state index < -0.39 is 0 Å². The predicted molar refractivity (Wildman–Crippen MR) is 74.0 cm³/mol. The van der Waals surface area contributed by atoms with Crippen molar-refractivity contribution in [2.75, 3.05) is 31.6 Å². The SMILES string of the molecule is Cc1ccc(N2CC(=O)N(C)C(CN)C2)cc1Cl. The molecule has 0 aromatic heterocycles. The van der Waals surface area contributed by atoms with Gasteiger partial charge in [0.05, 0.1) is 12.6 Å². The second-order valence-electron chi connectivity index (χ2n) is 4.71. The lowest BCUT2D eigenvalue weighted by Crippen LogP contribution is -2.57. The van der Waals surface area contributed by atoms with Crippen molar-refractivity contribution in [1.82, 2.24) is 4.90 Å². The van der Waals surface area contributed by atoms with Crippen molar-refractivity contribution in [2.45, 2.75) is 13.0 Å². The molecule has 0 bridgehead atoms. The summed E-state index contributed by atoms with van der Waals surface area (Å²) in [5.74, 6) is 0.0911. The number of carbonyl (C=O) groups is 1. The van der Waals surface area contributed by atoms with Crippen molar-refractivity contribution in [2.24, 2.45) is 5.73 Å². The van der Waals surface area contributed by atoms with Crippen molar-refractivity contribution in [3.63, 3.8) is 0 Å². The monoisotopic (exact) mass is 267 g/mol. The standard InChI is InChI=1S/C13H18ClN3O/c1-9-3-4-10(5-12(9)14)17-7-11(6-15)16(2)13(18)8-17/h3-5,11H,6-8,15H2,1-2H3. The van der Waals surface area contributed by atoms with Crippen LogP contribution in [-0.2, 0) is 4.79 Å². The van der Waals surface area contributed by atoms with Gasteiger partial charge in [0.1, 0.15) is 0 Å². The zero-order valence-corrected chi connectivity index (χ0v) is 11.4. The lowest BCUT2D eigenvalue weighted by molar-refractivity contribution is -0.131. The van der Waals surface area contributed by atoms with Crippen molar-refractivity contribution < 1.29 is 4.79 Å². The average molecular weight is 268 g/mol. The summed E-state index contributed by atoms with van der Waals surface area (Å²) < 4.78 is 0. The largest absolute Gasteiger partial charge is 0.360 e. The summed E-state index contributed by atoms with van der Waals surface area (Å²) in [4.78, 5) is 15.7. The molecule has 1 unspecified atom stereocenters. The fraction of sp³-hybridized carbons (Fsp3) is 0.462. The number of nitrogens with two attached hydrogens (primary N) is 1. The normalized spacial score (nSPS) is 20.4. The van der Waals surface area contributed by atoms with Crippen LogP contribution in [0.1, 0.15) is 5.56 Å². The number of amides is 1. The molecular formula is C13H18ClN3O. The van der Waals surface area contributed by atoms with Crippen LogP contribution in [0.5, 0.6) is 0 Å². The van der Waals surface area contributed by atoms with Gasteiger partial charge in [-0.3, -0.25) is 4.79 Å². The van der Waals surface area contributed by atoms with Crippen LogP contribution in [0.4, 0.5) is 5.69 Å². The van der Waals surface area contributed by atoms with Gasteiger partial charge in [0.2, 0.25) is 5.91 Å². The molecule has 1 saturated heterocycles.